The van der Waals surface area contributed by atoms with Crippen LogP contribution >= 0.6 is 0 Å². The number of rotatable bonds is 4. The van der Waals surface area contributed by atoms with Crippen molar-refractivity contribution in [2.45, 2.75) is 19.4 Å². The van der Waals surface area contributed by atoms with Gasteiger partial charge in [-0.2, -0.15) is 5.26 Å². The smallest absolute Gasteiger partial charge is 0.144 e. The first-order chi connectivity index (χ1) is 9.44. The Kier molecular flexibility index (Phi) is 3.91. The highest BCUT2D eigenvalue weighted by molar-refractivity contribution is 5.82. The number of anilines is 1. The van der Waals surface area contributed by atoms with Crippen molar-refractivity contribution in [3.63, 3.8) is 0 Å². The fourth-order valence-electron chi connectivity index (χ4n) is 1.79. The van der Waals surface area contributed by atoms with E-state index in [0.29, 0.717) is 11.4 Å². The molecule has 0 radical (unpaired) electrons. The molecule has 0 aliphatic carbocycles. The molecule has 0 amide bonds. The third-order valence-electron chi connectivity index (χ3n) is 3.74. The highest BCUT2D eigenvalue weighted by atomic mass is 15.2. The van der Waals surface area contributed by atoms with Gasteiger partial charge in [0.05, 0.1) is 11.1 Å². The van der Waals surface area contributed by atoms with Crippen molar-refractivity contribution >= 4 is 16.7 Å². The SMILES string of the molecule is CN(C)C(C)(C)CNc1nc2ccccc2cc1C#N. The lowest BCUT2D eigenvalue weighted by Crippen LogP contribution is -2.44. The zero-order valence-corrected chi connectivity index (χ0v) is 12.4. The molecule has 0 unspecified atom stereocenters. The predicted molar refractivity (Wildman–Crippen MR) is 82.7 cm³/mol. The van der Waals surface area contributed by atoms with E-state index in [4.69, 9.17) is 0 Å². The van der Waals surface area contributed by atoms with Gasteiger partial charge in [-0.1, -0.05) is 18.2 Å². The maximum atomic E-state index is 9.28. The number of nitrogens with zero attached hydrogens (tertiary/aromatic N) is 3. The summed E-state index contributed by atoms with van der Waals surface area (Å²) < 4.78 is 0. The van der Waals surface area contributed by atoms with Gasteiger partial charge in [0, 0.05) is 17.5 Å². The second-order valence-corrected chi connectivity index (χ2v) is 5.75. The number of aromatic nitrogens is 1. The fraction of sp³-hybridized carbons (Fsp3) is 0.375. The van der Waals surface area contributed by atoms with E-state index in [1.807, 2.05) is 44.4 Å². The number of para-hydroxylation sites is 1. The number of hydrogen-bond acceptors (Lipinski definition) is 4. The number of nitriles is 1. The number of pyridine rings is 1. The van der Waals surface area contributed by atoms with Crippen molar-refractivity contribution in [1.82, 2.24) is 9.88 Å². The lowest BCUT2D eigenvalue weighted by molar-refractivity contribution is 0.210. The quantitative estimate of drug-likeness (QED) is 0.926. The Bertz CT molecular complexity index is 653. The minimum absolute atomic E-state index is 0.0138. The Hall–Kier alpha value is -2.12. The van der Waals surface area contributed by atoms with Crippen LogP contribution in [0.2, 0.25) is 0 Å². The van der Waals surface area contributed by atoms with E-state index in [1.54, 1.807) is 0 Å². The Balaban J connectivity index is 2.32. The third kappa shape index (κ3) is 2.89. The summed E-state index contributed by atoms with van der Waals surface area (Å²) in [6.07, 6.45) is 0. The Morgan fingerprint density at radius 1 is 1.30 bits per heavy atom. The first-order valence-electron chi connectivity index (χ1n) is 6.65. The van der Waals surface area contributed by atoms with Crippen molar-refractivity contribution in [2.75, 3.05) is 26.0 Å². The molecule has 0 bridgehead atoms. The zero-order chi connectivity index (χ0) is 14.8. The first-order valence-corrected chi connectivity index (χ1v) is 6.65. The van der Waals surface area contributed by atoms with Gasteiger partial charge in [0.25, 0.3) is 0 Å². The van der Waals surface area contributed by atoms with Crippen LogP contribution in [0.4, 0.5) is 5.82 Å². The van der Waals surface area contributed by atoms with Crippen LogP contribution in [0.5, 0.6) is 0 Å². The van der Waals surface area contributed by atoms with Crippen LogP contribution in [0.25, 0.3) is 10.9 Å². The average molecular weight is 268 g/mol. The van der Waals surface area contributed by atoms with Crippen LogP contribution in [0, 0.1) is 11.3 Å². The molecule has 4 nitrogen and oxygen atoms in total. The summed E-state index contributed by atoms with van der Waals surface area (Å²) in [6, 6.07) is 11.9. The average Bonchev–Trinajstić information content (AvgIpc) is 2.43. The van der Waals surface area contributed by atoms with E-state index in [1.165, 1.54) is 0 Å². The van der Waals surface area contributed by atoms with E-state index >= 15 is 0 Å². The van der Waals surface area contributed by atoms with Gasteiger partial charge in [0.1, 0.15) is 11.9 Å². The van der Waals surface area contributed by atoms with Crippen molar-refractivity contribution in [2.24, 2.45) is 0 Å². The van der Waals surface area contributed by atoms with E-state index in [2.05, 4.69) is 35.1 Å². The van der Waals surface area contributed by atoms with Gasteiger partial charge >= 0.3 is 0 Å². The lowest BCUT2D eigenvalue weighted by Gasteiger charge is -2.32. The number of likely N-dealkylation sites (N-methyl/N-ethyl adjacent to an activating group) is 1. The lowest BCUT2D eigenvalue weighted by atomic mass is 10.0. The molecule has 0 fully saturated rings. The van der Waals surface area contributed by atoms with Gasteiger partial charge in [0.2, 0.25) is 0 Å². The molecule has 1 aromatic carbocycles. The summed E-state index contributed by atoms with van der Waals surface area (Å²) in [5.41, 5.74) is 1.47. The van der Waals surface area contributed by atoms with Gasteiger partial charge in [-0.25, -0.2) is 4.98 Å². The second-order valence-electron chi connectivity index (χ2n) is 5.75. The predicted octanol–water partition coefficient (Wildman–Crippen LogP) is 2.86. The maximum absolute atomic E-state index is 9.28. The molecule has 0 aliphatic rings. The van der Waals surface area contributed by atoms with Crippen molar-refractivity contribution < 1.29 is 0 Å². The second kappa shape index (κ2) is 5.48. The number of hydrogen-bond donors (Lipinski definition) is 1. The molecule has 0 spiro atoms. The number of nitrogens with one attached hydrogen (secondary N) is 1. The minimum Gasteiger partial charge on any atom is -0.367 e. The standard InChI is InChI=1S/C16H20N4/c1-16(2,20(3)4)11-18-15-13(10-17)9-12-7-5-6-8-14(12)19-15/h5-9H,11H2,1-4H3,(H,18,19). The van der Waals surface area contributed by atoms with Crippen LogP contribution in [-0.2, 0) is 0 Å². The molecule has 4 heteroatoms. The largest absolute Gasteiger partial charge is 0.367 e. The molecule has 0 saturated heterocycles. The van der Waals surface area contributed by atoms with Crippen molar-refractivity contribution in [3.05, 3.63) is 35.9 Å². The molecule has 0 atom stereocenters. The third-order valence-corrected chi connectivity index (χ3v) is 3.74. The Morgan fingerprint density at radius 3 is 2.65 bits per heavy atom. The van der Waals surface area contributed by atoms with Crippen molar-refractivity contribution in [3.8, 4) is 6.07 Å². The molecule has 0 saturated carbocycles. The first kappa shape index (κ1) is 14.3. The minimum atomic E-state index is -0.0138. The van der Waals surface area contributed by atoms with Crippen molar-refractivity contribution in [1.29, 1.82) is 5.26 Å². The molecule has 1 aromatic heterocycles. The molecule has 1 N–H and O–H groups in total. The van der Waals surface area contributed by atoms with Crippen LogP contribution in [0.3, 0.4) is 0 Å². The summed E-state index contributed by atoms with van der Waals surface area (Å²) in [6.45, 7) is 5.01. The molecule has 0 aliphatic heterocycles. The van der Waals surface area contributed by atoms with Gasteiger partial charge in [-0.3, -0.25) is 0 Å². The van der Waals surface area contributed by atoms with Gasteiger partial charge < -0.3 is 10.2 Å². The molecular weight excluding hydrogens is 248 g/mol. The van der Waals surface area contributed by atoms with E-state index in [0.717, 1.165) is 17.4 Å². The van der Waals surface area contributed by atoms with E-state index in [-0.39, 0.29) is 5.54 Å². The van der Waals surface area contributed by atoms with E-state index in [9.17, 15) is 5.26 Å². The van der Waals surface area contributed by atoms with Gasteiger partial charge in [0.15, 0.2) is 0 Å². The van der Waals surface area contributed by atoms with Crippen LogP contribution in [0.15, 0.2) is 30.3 Å². The summed E-state index contributed by atoms with van der Waals surface area (Å²) in [5.74, 6) is 0.654. The summed E-state index contributed by atoms with van der Waals surface area (Å²) >= 11 is 0. The maximum Gasteiger partial charge on any atom is 0.144 e. The highest BCUT2D eigenvalue weighted by Gasteiger charge is 2.20. The monoisotopic (exact) mass is 268 g/mol. The number of benzene rings is 1. The van der Waals surface area contributed by atoms with E-state index < -0.39 is 0 Å². The molecule has 2 rings (SSSR count). The van der Waals surface area contributed by atoms with Crippen LogP contribution < -0.4 is 5.32 Å². The topological polar surface area (TPSA) is 52.0 Å². The van der Waals surface area contributed by atoms with Crippen LogP contribution in [0.1, 0.15) is 19.4 Å². The molecule has 20 heavy (non-hydrogen) atoms. The summed E-state index contributed by atoms with van der Waals surface area (Å²) in [5, 5.41) is 13.6. The zero-order valence-electron chi connectivity index (χ0n) is 12.4. The highest BCUT2D eigenvalue weighted by Crippen LogP contribution is 2.21. The van der Waals surface area contributed by atoms with Crippen LogP contribution in [-0.4, -0.2) is 36.1 Å². The summed E-state index contributed by atoms with van der Waals surface area (Å²) in [7, 11) is 4.08. The number of fused-ring (bicyclic) bond motifs is 1. The summed E-state index contributed by atoms with van der Waals surface area (Å²) in [4.78, 5) is 6.70. The normalized spacial score (nSPS) is 11.6. The molecule has 2 aromatic rings. The molecular formula is C16H20N4. The molecule has 104 valence electrons. The fourth-order valence-corrected chi connectivity index (χ4v) is 1.79. The Labute approximate surface area is 120 Å². The molecule has 1 heterocycles. The Morgan fingerprint density at radius 2 is 2.00 bits per heavy atom. The van der Waals surface area contributed by atoms with Gasteiger partial charge in [-0.15, -0.1) is 0 Å². The van der Waals surface area contributed by atoms with Gasteiger partial charge in [-0.05, 0) is 40.1 Å².